The first-order valence-corrected chi connectivity index (χ1v) is 24.8. The van der Waals surface area contributed by atoms with Gasteiger partial charge in [-0.25, -0.2) is 0 Å². The van der Waals surface area contributed by atoms with Crippen molar-refractivity contribution in [1.29, 1.82) is 0 Å². The Hall–Kier alpha value is 0.860. The summed E-state index contributed by atoms with van der Waals surface area (Å²) in [5.41, 5.74) is 0. The summed E-state index contributed by atoms with van der Waals surface area (Å²) in [5, 5.41) is 0. The fourth-order valence-electron chi connectivity index (χ4n) is 6.76. The number of hydrogen-bond donors (Lipinski definition) is 0. The summed E-state index contributed by atoms with van der Waals surface area (Å²) >= 11 is 0. The summed E-state index contributed by atoms with van der Waals surface area (Å²) in [6.07, 6.45) is 59.6. The third kappa shape index (κ3) is 42.9. The highest BCUT2D eigenvalue weighted by molar-refractivity contribution is 8.11. The molecule has 0 heterocycles. The van der Waals surface area contributed by atoms with Crippen molar-refractivity contribution in [3.8, 4) is 0 Å². The first-order chi connectivity index (χ1) is 21.9. The molecule has 0 bridgehead atoms. The lowest BCUT2D eigenvalue weighted by Gasteiger charge is -2.05. The molecule has 2 heteroatoms. The van der Waals surface area contributed by atoms with Crippen LogP contribution in [0.5, 0.6) is 0 Å². The fraction of sp³-hybridized carbons (Fsp3) is 1.00. The molecule has 0 fully saturated rings. The van der Waals surface area contributed by atoms with Crippen LogP contribution in [0.2, 0.25) is 0 Å². The average molecular weight is 655 g/mol. The molecule has 0 saturated carbocycles. The zero-order chi connectivity index (χ0) is 31.7. The zero-order valence-electron chi connectivity index (χ0n) is 31.3. The molecule has 0 aromatic carbocycles. The van der Waals surface area contributed by atoms with Crippen LogP contribution in [0.25, 0.3) is 0 Å². The molecule has 2 unspecified atom stereocenters. The molecule has 266 valence electrons. The second-order valence-corrected chi connectivity index (χ2v) is 18.4. The SMILES string of the molecule is CCCCCCCCCCCCCCCCCCCCCPPCCCCCCCCCCCCCCCCCCCCC. The molecule has 0 N–H and O–H groups in total. The van der Waals surface area contributed by atoms with Gasteiger partial charge in [0.1, 0.15) is 0 Å². The molecule has 0 nitrogen and oxygen atoms in total. The third-order valence-corrected chi connectivity index (χ3v) is 13.6. The van der Waals surface area contributed by atoms with Crippen molar-refractivity contribution < 1.29 is 0 Å². The van der Waals surface area contributed by atoms with Crippen LogP contribution in [0.15, 0.2) is 0 Å². The Morgan fingerprint density at radius 2 is 0.318 bits per heavy atom. The van der Waals surface area contributed by atoms with Crippen LogP contribution in [0.3, 0.4) is 0 Å². The first kappa shape index (κ1) is 44.9. The van der Waals surface area contributed by atoms with Gasteiger partial charge in [-0.1, -0.05) is 262 Å². The van der Waals surface area contributed by atoms with E-state index in [1.54, 1.807) is 0 Å². The van der Waals surface area contributed by atoms with Crippen molar-refractivity contribution in [1.82, 2.24) is 0 Å². The lowest BCUT2D eigenvalue weighted by Crippen LogP contribution is -1.84. The molecular weight excluding hydrogens is 566 g/mol. The molecule has 0 radical (unpaired) electrons. The molecule has 0 spiro atoms. The van der Waals surface area contributed by atoms with Crippen molar-refractivity contribution in [3.05, 3.63) is 0 Å². The van der Waals surface area contributed by atoms with Gasteiger partial charge in [-0.15, -0.1) is 0 Å². The summed E-state index contributed by atoms with van der Waals surface area (Å²) in [7, 11) is 2.56. The Balaban J connectivity index is 3.03. The van der Waals surface area contributed by atoms with Gasteiger partial charge in [0.2, 0.25) is 0 Å². The molecule has 0 aliphatic heterocycles. The molecule has 0 aromatic heterocycles. The maximum atomic E-state index is 2.31. The van der Waals surface area contributed by atoms with Crippen LogP contribution in [-0.4, -0.2) is 12.3 Å². The van der Waals surface area contributed by atoms with Crippen molar-refractivity contribution in [3.63, 3.8) is 0 Å². The van der Waals surface area contributed by atoms with E-state index in [0.29, 0.717) is 0 Å². The minimum atomic E-state index is 1.28. The fourth-order valence-corrected chi connectivity index (χ4v) is 10.1. The number of rotatable bonds is 41. The lowest BCUT2D eigenvalue weighted by molar-refractivity contribution is 0.524. The van der Waals surface area contributed by atoms with E-state index in [1.807, 2.05) is 0 Å². The van der Waals surface area contributed by atoms with Gasteiger partial charge < -0.3 is 0 Å². The molecule has 0 saturated heterocycles. The van der Waals surface area contributed by atoms with E-state index >= 15 is 0 Å². The monoisotopic (exact) mass is 655 g/mol. The van der Waals surface area contributed by atoms with Gasteiger partial charge >= 0.3 is 0 Å². The molecule has 0 amide bonds. The highest BCUT2D eigenvalue weighted by Gasteiger charge is 1.98. The Labute approximate surface area is 285 Å². The molecule has 2 atom stereocenters. The summed E-state index contributed by atoms with van der Waals surface area (Å²) in [6, 6.07) is 0. The van der Waals surface area contributed by atoms with Gasteiger partial charge in [0, 0.05) is 0 Å². The zero-order valence-corrected chi connectivity index (χ0v) is 33.3. The van der Waals surface area contributed by atoms with E-state index in [-0.39, 0.29) is 0 Å². The maximum Gasteiger partial charge on any atom is -0.0317 e. The Morgan fingerprint density at radius 3 is 0.477 bits per heavy atom. The Kier molecular flexibility index (Phi) is 44.7. The van der Waals surface area contributed by atoms with Crippen molar-refractivity contribution >= 4 is 16.5 Å². The Bertz CT molecular complexity index is 423. The van der Waals surface area contributed by atoms with E-state index in [2.05, 4.69) is 13.8 Å². The van der Waals surface area contributed by atoms with Gasteiger partial charge in [0.25, 0.3) is 0 Å². The van der Waals surface area contributed by atoms with Gasteiger partial charge in [-0.2, -0.15) is 0 Å². The first-order valence-electron chi connectivity index (χ1n) is 21.4. The summed E-state index contributed by atoms with van der Waals surface area (Å²) in [5.74, 6) is 0. The quantitative estimate of drug-likeness (QED) is 0.0454. The van der Waals surface area contributed by atoms with E-state index in [4.69, 9.17) is 0 Å². The summed E-state index contributed by atoms with van der Waals surface area (Å²) in [6.45, 7) is 4.62. The van der Waals surface area contributed by atoms with Gasteiger partial charge in [0.15, 0.2) is 0 Å². The molecule has 0 aliphatic carbocycles. The van der Waals surface area contributed by atoms with Crippen molar-refractivity contribution in [2.45, 2.75) is 258 Å². The maximum absolute atomic E-state index is 2.31. The van der Waals surface area contributed by atoms with Gasteiger partial charge in [-0.05, 0) is 25.2 Å². The van der Waals surface area contributed by atoms with Crippen LogP contribution < -0.4 is 0 Å². The van der Waals surface area contributed by atoms with Crippen LogP contribution >= 0.6 is 16.5 Å². The lowest BCUT2D eigenvalue weighted by atomic mass is 10.0. The van der Waals surface area contributed by atoms with Gasteiger partial charge in [-0.3, -0.25) is 0 Å². The largest absolute Gasteiger partial charge is 0.0992 e. The normalized spacial score (nSPS) is 12.1. The average Bonchev–Trinajstić information content (AvgIpc) is 3.04. The minimum Gasteiger partial charge on any atom is -0.0992 e. The number of hydrogen-bond acceptors (Lipinski definition) is 0. The molecule has 0 rings (SSSR count). The molecule has 44 heavy (non-hydrogen) atoms. The van der Waals surface area contributed by atoms with Crippen LogP contribution in [0.4, 0.5) is 0 Å². The van der Waals surface area contributed by atoms with E-state index < -0.39 is 0 Å². The second-order valence-electron chi connectivity index (χ2n) is 14.6. The predicted molar refractivity (Wildman–Crippen MR) is 213 cm³/mol. The third-order valence-electron chi connectivity index (χ3n) is 9.94. The predicted octanol–water partition coefficient (Wildman–Crippen LogP) is 17.1. The summed E-state index contributed by atoms with van der Waals surface area (Å²) < 4.78 is 0. The second kappa shape index (κ2) is 43.9. The van der Waals surface area contributed by atoms with E-state index in [0.717, 1.165) is 0 Å². The van der Waals surface area contributed by atoms with E-state index in [1.165, 1.54) is 273 Å². The minimum absolute atomic E-state index is 1.28. The Morgan fingerprint density at radius 1 is 0.182 bits per heavy atom. The van der Waals surface area contributed by atoms with Crippen LogP contribution in [0.1, 0.15) is 258 Å². The molecular formula is C42H88P2. The van der Waals surface area contributed by atoms with Crippen molar-refractivity contribution in [2.75, 3.05) is 12.3 Å². The van der Waals surface area contributed by atoms with Crippen LogP contribution in [-0.2, 0) is 0 Å². The van der Waals surface area contributed by atoms with Gasteiger partial charge in [0.05, 0.1) is 0 Å². The standard InChI is InChI=1S/C42H88P2/c1-3-5-7-9-11-13-15-17-19-21-23-25-27-29-31-33-35-37-39-41-43-44-42-40-38-36-34-32-30-28-26-24-22-20-18-16-14-12-10-8-6-4-2/h43-44H,3-42H2,1-2H3. The highest BCUT2D eigenvalue weighted by atomic mass is 32.0. The van der Waals surface area contributed by atoms with Crippen molar-refractivity contribution in [2.24, 2.45) is 0 Å². The van der Waals surface area contributed by atoms with E-state index in [9.17, 15) is 0 Å². The topological polar surface area (TPSA) is 0 Å². The molecule has 0 aromatic rings. The molecule has 0 aliphatic rings. The summed E-state index contributed by atoms with van der Waals surface area (Å²) in [4.78, 5) is 0. The highest BCUT2D eigenvalue weighted by Crippen LogP contribution is 2.38. The number of unbranched alkanes of at least 4 members (excludes halogenated alkanes) is 36. The smallest absolute Gasteiger partial charge is 0.0317 e. The van der Waals surface area contributed by atoms with Crippen LogP contribution in [0, 0.1) is 0 Å².